The normalized spacial score (nSPS) is 11.7. The standard InChI is InChI=1S/C21H19FN2O3/c22-17-10-8-14(9-11-17)12-19(24-21(26)27)20(25)23-13-16-6-3-5-15-4-1-2-7-18(15)16/h1-11,19,24H,12-13H2,(H,23,25)(H,26,27)/t19-/m0/s1. The molecule has 0 aliphatic heterocycles. The molecule has 0 aromatic heterocycles. The Morgan fingerprint density at radius 2 is 1.67 bits per heavy atom. The van der Waals surface area contributed by atoms with Crippen LogP contribution < -0.4 is 10.6 Å². The van der Waals surface area contributed by atoms with E-state index in [-0.39, 0.29) is 18.8 Å². The summed E-state index contributed by atoms with van der Waals surface area (Å²) >= 11 is 0. The number of hydrogen-bond acceptors (Lipinski definition) is 2. The molecule has 138 valence electrons. The van der Waals surface area contributed by atoms with Crippen molar-refractivity contribution in [3.8, 4) is 0 Å². The van der Waals surface area contributed by atoms with E-state index < -0.39 is 18.0 Å². The molecule has 0 aliphatic rings. The summed E-state index contributed by atoms with van der Waals surface area (Å²) in [5, 5.41) is 16.1. The van der Waals surface area contributed by atoms with Gasteiger partial charge in [-0.3, -0.25) is 4.79 Å². The fourth-order valence-corrected chi connectivity index (χ4v) is 2.97. The molecular formula is C21H19FN2O3. The smallest absolute Gasteiger partial charge is 0.405 e. The van der Waals surface area contributed by atoms with Crippen LogP contribution in [0.1, 0.15) is 11.1 Å². The van der Waals surface area contributed by atoms with Crippen molar-refractivity contribution < 1.29 is 19.1 Å². The van der Waals surface area contributed by atoms with Crippen LogP contribution in [0.25, 0.3) is 10.8 Å². The Labute approximate surface area is 155 Å². The Balaban J connectivity index is 1.71. The van der Waals surface area contributed by atoms with Crippen molar-refractivity contribution in [2.24, 2.45) is 0 Å². The molecular weight excluding hydrogens is 347 g/mol. The number of nitrogens with one attached hydrogen (secondary N) is 2. The maximum absolute atomic E-state index is 13.0. The highest BCUT2D eigenvalue weighted by molar-refractivity contribution is 5.88. The molecule has 5 nitrogen and oxygen atoms in total. The van der Waals surface area contributed by atoms with E-state index in [1.54, 1.807) is 0 Å². The van der Waals surface area contributed by atoms with Crippen LogP contribution in [0.4, 0.5) is 9.18 Å². The molecule has 6 heteroatoms. The van der Waals surface area contributed by atoms with E-state index in [1.807, 2.05) is 42.5 Å². The van der Waals surface area contributed by atoms with Crippen LogP contribution in [0.3, 0.4) is 0 Å². The number of carbonyl (C=O) groups is 2. The second-order valence-electron chi connectivity index (χ2n) is 6.19. The number of rotatable bonds is 6. The first-order valence-electron chi connectivity index (χ1n) is 8.51. The van der Waals surface area contributed by atoms with Crippen LogP contribution in [0.2, 0.25) is 0 Å². The summed E-state index contributed by atoms with van der Waals surface area (Å²) in [7, 11) is 0. The van der Waals surface area contributed by atoms with Gasteiger partial charge in [0.05, 0.1) is 0 Å². The zero-order valence-corrected chi connectivity index (χ0v) is 14.5. The molecule has 0 aliphatic carbocycles. The zero-order valence-electron chi connectivity index (χ0n) is 14.5. The van der Waals surface area contributed by atoms with Crippen molar-refractivity contribution in [3.63, 3.8) is 0 Å². The highest BCUT2D eigenvalue weighted by Crippen LogP contribution is 2.18. The molecule has 0 saturated carbocycles. The zero-order chi connectivity index (χ0) is 19.2. The van der Waals surface area contributed by atoms with E-state index in [9.17, 15) is 14.0 Å². The molecule has 27 heavy (non-hydrogen) atoms. The maximum atomic E-state index is 13.0. The number of benzene rings is 3. The first-order valence-corrected chi connectivity index (χ1v) is 8.51. The minimum atomic E-state index is -1.29. The molecule has 0 bridgehead atoms. The van der Waals surface area contributed by atoms with Gasteiger partial charge in [0.2, 0.25) is 5.91 Å². The Kier molecular flexibility index (Phi) is 5.66. The third kappa shape index (κ3) is 4.82. The van der Waals surface area contributed by atoms with Crippen LogP contribution in [0.5, 0.6) is 0 Å². The molecule has 3 aromatic carbocycles. The van der Waals surface area contributed by atoms with Crippen molar-refractivity contribution in [1.82, 2.24) is 10.6 Å². The second kappa shape index (κ2) is 8.31. The molecule has 0 saturated heterocycles. The topological polar surface area (TPSA) is 78.4 Å². The third-order valence-corrected chi connectivity index (χ3v) is 4.30. The van der Waals surface area contributed by atoms with Crippen LogP contribution in [0.15, 0.2) is 66.7 Å². The van der Waals surface area contributed by atoms with Crippen LogP contribution >= 0.6 is 0 Å². The lowest BCUT2D eigenvalue weighted by Gasteiger charge is -2.17. The number of hydrogen-bond donors (Lipinski definition) is 3. The predicted molar refractivity (Wildman–Crippen MR) is 101 cm³/mol. The van der Waals surface area contributed by atoms with E-state index in [2.05, 4.69) is 10.6 Å². The lowest BCUT2D eigenvalue weighted by atomic mass is 10.0. The Morgan fingerprint density at radius 1 is 0.963 bits per heavy atom. The van der Waals surface area contributed by atoms with Crippen molar-refractivity contribution in [3.05, 3.63) is 83.7 Å². The Morgan fingerprint density at radius 3 is 2.41 bits per heavy atom. The molecule has 0 unspecified atom stereocenters. The minimum Gasteiger partial charge on any atom is -0.465 e. The summed E-state index contributed by atoms with van der Waals surface area (Å²) in [6.07, 6.45) is -1.16. The third-order valence-electron chi connectivity index (χ3n) is 4.30. The van der Waals surface area contributed by atoms with E-state index in [0.29, 0.717) is 5.56 Å². The first-order chi connectivity index (χ1) is 13.0. The summed E-state index contributed by atoms with van der Waals surface area (Å²) in [5.74, 6) is -0.823. The lowest BCUT2D eigenvalue weighted by Crippen LogP contribution is -2.47. The lowest BCUT2D eigenvalue weighted by molar-refractivity contribution is -0.123. The van der Waals surface area contributed by atoms with Gasteiger partial charge in [-0.2, -0.15) is 0 Å². The molecule has 0 spiro atoms. The number of carbonyl (C=O) groups excluding carboxylic acids is 1. The summed E-state index contributed by atoms with van der Waals surface area (Å²) in [4.78, 5) is 23.6. The molecule has 3 N–H and O–H groups in total. The molecule has 1 atom stereocenters. The van der Waals surface area contributed by atoms with Crippen molar-refractivity contribution >= 4 is 22.8 Å². The first kappa shape index (κ1) is 18.4. The molecule has 3 aromatic rings. The van der Waals surface area contributed by atoms with E-state index >= 15 is 0 Å². The molecule has 0 fully saturated rings. The highest BCUT2D eigenvalue weighted by atomic mass is 19.1. The SMILES string of the molecule is O=C(O)N[C@@H](Cc1ccc(F)cc1)C(=O)NCc1cccc2ccccc12. The quantitative estimate of drug-likeness (QED) is 0.625. The van der Waals surface area contributed by atoms with Crippen LogP contribution in [-0.4, -0.2) is 23.1 Å². The van der Waals surface area contributed by atoms with Gasteiger partial charge in [-0.25, -0.2) is 9.18 Å². The van der Waals surface area contributed by atoms with Gasteiger partial charge in [-0.05, 0) is 34.0 Å². The number of carboxylic acid groups (broad SMARTS) is 1. The van der Waals surface area contributed by atoms with Gasteiger partial charge in [0.15, 0.2) is 0 Å². The van der Waals surface area contributed by atoms with Gasteiger partial charge in [0.1, 0.15) is 11.9 Å². The van der Waals surface area contributed by atoms with Crippen molar-refractivity contribution in [1.29, 1.82) is 0 Å². The maximum Gasteiger partial charge on any atom is 0.405 e. The highest BCUT2D eigenvalue weighted by Gasteiger charge is 2.21. The van der Waals surface area contributed by atoms with Crippen molar-refractivity contribution in [2.75, 3.05) is 0 Å². The minimum absolute atomic E-state index is 0.133. The van der Waals surface area contributed by atoms with Gasteiger partial charge in [-0.15, -0.1) is 0 Å². The predicted octanol–water partition coefficient (Wildman–Crippen LogP) is 3.47. The van der Waals surface area contributed by atoms with Crippen LogP contribution in [-0.2, 0) is 17.8 Å². The Hall–Kier alpha value is -3.41. The summed E-state index contributed by atoms with van der Waals surface area (Å²) in [6.45, 7) is 0.279. The van der Waals surface area contributed by atoms with Crippen LogP contribution in [0, 0.1) is 5.82 Å². The largest absolute Gasteiger partial charge is 0.465 e. The number of amides is 2. The van der Waals surface area contributed by atoms with Gasteiger partial charge < -0.3 is 15.7 Å². The number of halogens is 1. The summed E-state index contributed by atoms with van der Waals surface area (Å²) in [5.41, 5.74) is 1.60. The van der Waals surface area contributed by atoms with Gasteiger partial charge in [0.25, 0.3) is 0 Å². The Bertz CT molecular complexity index is 952. The number of fused-ring (bicyclic) bond motifs is 1. The van der Waals surface area contributed by atoms with Crippen molar-refractivity contribution in [2.45, 2.75) is 19.0 Å². The van der Waals surface area contributed by atoms with E-state index in [4.69, 9.17) is 5.11 Å². The van der Waals surface area contributed by atoms with Gasteiger partial charge in [-0.1, -0.05) is 54.6 Å². The fraction of sp³-hybridized carbons (Fsp3) is 0.143. The van der Waals surface area contributed by atoms with Gasteiger partial charge >= 0.3 is 6.09 Å². The van der Waals surface area contributed by atoms with E-state index in [0.717, 1.165) is 16.3 Å². The summed E-state index contributed by atoms with van der Waals surface area (Å²) in [6, 6.07) is 18.3. The van der Waals surface area contributed by atoms with Gasteiger partial charge in [0, 0.05) is 13.0 Å². The molecule has 0 heterocycles. The molecule has 0 radical (unpaired) electrons. The average molecular weight is 366 g/mol. The second-order valence-corrected chi connectivity index (χ2v) is 6.19. The molecule has 3 rings (SSSR count). The molecule has 2 amide bonds. The van der Waals surface area contributed by atoms with E-state index in [1.165, 1.54) is 24.3 Å². The summed E-state index contributed by atoms with van der Waals surface area (Å²) < 4.78 is 13.0. The monoisotopic (exact) mass is 366 g/mol. The average Bonchev–Trinajstić information content (AvgIpc) is 2.67. The fourth-order valence-electron chi connectivity index (χ4n) is 2.97.